The molecule has 1 aliphatic rings. The molecule has 40 heavy (non-hydrogen) atoms. The summed E-state index contributed by atoms with van der Waals surface area (Å²) in [6.45, 7) is 2.03. The molecule has 1 aliphatic heterocycles. The quantitative estimate of drug-likeness (QED) is 0.224. The molecule has 0 atom stereocenters. The summed E-state index contributed by atoms with van der Waals surface area (Å²) in [6, 6.07) is 17.9. The molecule has 0 unspecified atom stereocenters. The SMILES string of the molecule is CCCOC(=O)c1ccccc1N1C(=O)C(Cl)=C(Nc2ccc(C(=O)Oc3ccc(C(=O)OC)cc3)cc2)C1=O. The van der Waals surface area contributed by atoms with Crippen molar-refractivity contribution in [2.45, 2.75) is 13.3 Å². The van der Waals surface area contributed by atoms with E-state index in [4.69, 9.17) is 21.1 Å². The average molecular weight is 563 g/mol. The lowest BCUT2D eigenvalue weighted by molar-refractivity contribution is -0.120. The van der Waals surface area contributed by atoms with Gasteiger partial charge in [-0.05, 0) is 67.1 Å². The predicted octanol–water partition coefficient (Wildman–Crippen LogP) is 4.69. The lowest BCUT2D eigenvalue weighted by Gasteiger charge is -2.18. The number of hydrogen-bond donors (Lipinski definition) is 1. The van der Waals surface area contributed by atoms with Gasteiger partial charge in [0.1, 0.15) is 16.5 Å². The smallest absolute Gasteiger partial charge is 0.343 e. The van der Waals surface area contributed by atoms with E-state index in [0.29, 0.717) is 17.7 Å². The van der Waals surface area contributed by atoms with Crippen LogP contribution < -0.4 is 15.0 Å². The van der Waals surface area contributed by atoms with Crippen LogP contribution in [0.2, 0.25) is 0 Å². The minimum atomic E-state index is -0.802. The number of halogens is 1. The van der Waals surface area contributed by atoms with Crippen LogP contribution in [0.1, 0.15) is 44.4 Å². The standard InChI is InChI=1S/C29H23ClN2O8/c1-3-16-39-29(37)21-6-4-5-7-22(21)32-25(33)23(30)24(26(32)34)31-19-12-8-18(9-13-19)28(36)40-20-14-10-17(11-15-20)27(35)38-2/h4-15,31H,3,16H2,1-2H3. The van der Waals surface area contributed by atoms with Crippen molar-refractivity contribution in [1.29, 1.82) is 0 Å². The third kappa shape index (κ3) is 5.87. The number of rotatable bonds is 9. The largest absolute Gasteiger partial charge is 0.465 e. The van der Waals surface area contributed by atoms with Gasteiger partial charge in [-0.2, -0.15) is 0 Å². The fourth-order valence-electron chi connectivity index (χ4n) is 3.72. The third-order valence-electron chi connectivity index (χ3n) is 5.71. The summed E-state index contributed by atoms with van der Waals surface area (Å²) in [7, 11) is 1.27. The minimum absolute atomic E-state index is 0.0474. The molecular formula is C29H23ClN2O8. The van der Waals surface area contributed by atoms with Crippen molar-refractivity contribution >= 4 is 52.7 Å². The topological polar surface area (TPSA) is 128 Å². The van der Waals surface area contributed by atoms with Crippen LogP contribution in [0.4, 0.5) is 11.4 Å². The van der Waals surface area contributed by atoms with Gasteiger partial charge in [-0.1, -0.05) is 30.7 Å². The fourth-order valence-corrected chi connectivity index (χ4v) is 3.93. The highest BCUT2D eigenvalue weighted by Gasteiger charge is 2.40. The predicted molar refractivity (Wildman–Crippen MR) is 145 cm³/mol. The van der Waals surface area contributed by atoms with Gasteiger partial charge >= 0.3 is 17.9 Å². The van der Waals surface area contributed by atoms with Crippen molar-refractivity contribution in [3.63, 3.8) is 0 Å². The van der Waals surface area contributed by atoms with Crippen molar-refractivity contribution < 1.29 is 38.2 Å². The molecule has 3 aromatic rings. The van der Waals surface area contributed by atoms with E-state index < -0.39 is 29.7 Å². The number of benzene rings is 3. The van der Waals surface area contributed by atoms with E-state index in [-0.39, 0.29) is 39.9 Å². The van der Waals surface area contributed by atoms with Crippen LogP contribution in [0.25, 0.3) is 0 Å². The first-order chi connectivity index (χ1) is 19.2. The molecule has 1 N–H and O–H groups in total. The number of amides is 2. The van der Waals surface area contributed by atoms with Crippen molar-refractivity contribution in [2.24, 2.45) is 0 Å². The van der Waals surface area contributed by atoms with E-state index in [1.807, 2.05) is 6.92 Å². The Kier molecular flexibility index (Phi) is 8.60. The van der Waals surface area contributed by atoms with Crippen LogP contribution in [0, 0.1) is 0 Å². The monoisotopic (exact) mass is 562 g/mol. The number of para-hydroxylation sites is 1. The first kappa shape index (κ1) is 28.1. The van der Waals surface area contributed by atoms with E-state index in [9.17, 15) is 24.0 Å². The van der Waals surface area contributed by atoms with Crippen LogP contribution >= 0.6 is 11.6 Å². The summed E-state index contributed by atoms with van der Waals surface area (Å²) in [4.78, 5) is 63.6. The maximum Gasteiger partial charge on any atom is 0.343 e. The van der Waals surface area contributed by atoms with E-state index in [1.54, 1.807) is 12.1 Å². The molecule has 0 aromatic heterocycles. The number of imide groups is 1. The van der Waals surface area contributed by atoms with E-state index in [1.165, 1.54) is 67.8 Å². The summed E-state index contributed by atoms with van der Waals surface area (Å²) in [5, 5.41) is 2.45. The molecule has 3 aromatic carbocycles. The first-order valence-corrected chi connectivity index (χ1v) is 12.4. The van der Waals surface area contributed by atoms with Crippen molar-refractivity contribution in [3.8, 4) is 5.75 Å². The van der Waals surface area contributed by atoms with Gasteiger partial charge in [0.25, 0.3) is 11.8 Å². The number of esters is 3. The molecule has 2 amide bonds. The number of methoxy groups -OCH3 is 1. The zero-order chi connectivity index (χ0) is 28.8. The zero-order valence-electron chi connectivity index (χ0n) is 21.4. The zero-order valence-corrected chi connectivity index (χ0v) is 22.2. The first-order valence-electron chi connectivity index (χ1n) is 12.1. The lowest BCUT2D eigenvalue weighted by atomic mass is 10.1. The second-order valence-corrected chi connectivity index (χ2v) is 8.77. The van der Waals surface area contributed by atoms with E-state index in [0.717, 1.165) is 4.90 Å². The number of carbonyl (C=O) groups excluding carboxylic acids is 5. The minimum Gasteiger partial charge on any atom is -0.465 e. The van der Waals surface area contributed by atoms with Gasteiger partial charge in [0.05, 0.1) is 36.1 Å². The number of carbonyl (C=O) groups is 5. The molecule has 0 fully saturated rings. The lowest BCUT2D eigenvalue weighted by Crippen LogP contribution is -2.33. The normalized spacial score (nSPS) is 12.8. The Labute approximate surface area is 234 Å². The highest BCUT2D eigenvalue weighted by molar-refractivity contribution is 6.53. The number of nitrogens with zero attached hydrogens (tertiary/aromatic N) is 1. The van der Waals surface area contributed by atoms with Crippen LogP contribution in [-0.2, 0) is 19.1 Å². The Morgan fingerprint density at radius 3 is 2.10 bits per heavy atom. The molecule has 1 heterocycles. The molecule has 0 aliphatic carbocycles. The van der Waals surface area contributed by atoms with Gasteiger partial charge in [0.2, 0.25) is 0 Å². The summed E-state index contributed by atoms with van der Waals surface area (Å²) in [5.41, 5.74) is 0.786. The Balaban J connectivity index is 1.46. The van der Waals surface area contributed by atoms with Gasteiger partial charge in [0.15, 0.2) is 0 Å². The van der Waals surface area contributed by atoms with Crippen LogP contribution in [0.3, 0.4) is 0 Å². The molecule has 4 rings (SSSR count). The number of nitrogens with one attached hydrogen (secondary N) is 1. The maximum absolute atomic E-state index is 13.2. The van der Waals surface area contributed by atoms with Gasteiger partial charge < -0.3 is 19.5 Å². The molecule has 204 valence electrons. The second kappa shape index (κ2) is 12.3. The Bertz CT molecular complexity index is 1510. The summed E-state index contributed by atoms with van der Waals surface area (Å²) in [5.74, 6) is -3.17. The van der Waals surface area contributed by atoms with Gasteiger partial charge in [0, 0.05) is 5.69 Å². The Morgan fingerprint density at radius 1 is 0.825 bits per heavy atom. The number of hydrogen-bond acceptors (Lipinski definition) is 9. The van der Waals surface area contributed by atoms with Crippen LogP contribution in [0.15, 0.2) is 83.5 Å². The molecule has 0 saturated heterocycles. The summed E-state index contributed by atoms with van der Waals surface area (Å²) < 4.78 is 15.1. The average Bonchev–Trinajstić information content (AvgIpc) is 3.18. The van der Waals surface area contributed by atoms with Gasteiger partial charge in [-0.25, -0.2) is 19.3 Å². The molecule has 0 bridgehead atoms. The second-order valence-electron chi connectivity index (χ2n) is 8.40. The Hall–Kier alpha value is -4.96. The number of anilines is 2. The van der Waals surface area contributed by atoms with Crippen molar-refractivity contribution in [1.82, 2.24) is 0 Å². The fraction of sp³-hybridized carbons (Fsp3) is 0.138. The molecule has 10 nitrogen and oxygen atoms in total. The van der Waals surface area contributed by atoms with Crippen LogP contribution in [0.5, 0.6) is 5.75 Å². The summed E-state index contributed by atoms with van der Waals surface area (Å²) in [6.07, 6.45) is 0.609. The summed E-state index contributed by atoms with van der Waals surface area (Å²) >= 11 is 6.23. The van der Waals surface area contributed by atoms with Crippen molar-refractivity contribution in [2.75, 3.05) is 23.9 Å². The van der Waals surface area contributed by atoms with Gasteiger partial charge in [-0.3, -0.25) is 9.59 Å². The molecular weight excluding hydrogens is 540 g/mol. The van der Waals surface area contributed by atoms with Gasteiger partial charge in [-0.15, -0.1) is 0 Å². The highest BCUT2D eigenvalue weighted by Crippen LogP contribution is 2.32. The molecule has 0 saturated carbocycles. The van der Waals surface area contributed by atoms with E-state index in [2.05, 4.69) is 10.1 Å². The molecule has 11 heteroatoms. The number of ether oxygens (including phenoxy) is 3. The van der Waals surface area contributed by atoms with Crippen molar-refractivity contribution in [3.05, 3.63) is 100 Å². The maximum atomic E-state index is 13.2. The Morgan fingerprint density at radius 2 is 1.45 bits per heavy atom. The molecule has 0 spiro atoms. The van der Waals surface area contributed by atoms with Crippen LogP contribution in [-0.4, -0.2) is 43.4 Å². The highest BCUT2D eigenvalue weighted by atomic mass is 35.5. The molecule has 0 radical (unpaired) electrons. The third-order valence-corrected chi connectivity index (χ3v) is 6.06. The van der Waals surface area contributed by atoms with E-state index >= 15 is 0 Å².